The maximum atomic E-state index is 13.4. The van der Waals surface area contributed by atoms with Crippen molar-refractivity contribution in [3.05, 3.63) is 57.8 Å². The molecule has 1 aromatic heterocycles. The molecule has 2 aliphatic heterocycles. The van der Waals surface area contributed by atoms with Crippen molar-refractivity contribution in [1.82, 2.24) is 14.7 Å². The minimum Gasteiger partial charge on any atom is -0.338 e. The highest BCUT2D eigenvalue weighted by molar-refractivity contribution is 7.10. The highest BCUT2D eigenvalue weighted by atomic mass is 32.1. The SMILES string of the molecule is CCCCCCCCC(=O)N1CCN(C(=O)CN2CCc3sccc3[C@@H]2c2ccccc2)C[C@@H]1C. The third-order valence-corrected chi connectivity index (χ3v) is 8.56. The van der Waals surface area contributed by atoms with Gasteiger partial charge < -0.3 is 9.80 Å². The highest BCUT2D eigenvalue weighted by Crippen LogP contribution is 2.37. The number of hydrogen-bond donors (Lipinski definition) is 0. The van der Waals surface area contributed by atoms with Crippen LogP contribution in [0.3, 0.4) is 0 Å². The Morgan fingerprint density at radius 2 is 1.71 bits per heavy atom. The summed E-state index contributed by atoms with van der Waals surface area (Å²) in [6.45, 7) is 7.55. The van der Waals surface area contributed by atoms with Crippen molar-refractivity contribution in [3.63, 3.8) is 0 Å². The number of benzene rings is 1. The predicted molar refractivity (Wildman–Crippen MR) is 144 cm³/mol. The number of piperazine rings is 1. The molecule has 190 valence electrons. The fourth-order valence-electron chi connectivity index (χ4n) is 5.59. The van der Waals surface area contributed by atoms with Gasteiger partial charge in [-0.05, 0) is 42.3 Å². The summed E-state index contributed by atoms with van der Waals surface area (Å²) in [6.07, 6.45) is 8.81. The molecule has 4 rings (SSSR count). The molecule has 2 aliphatic rings. The Kier molecular flexibility index (Phi) is 9.38. The standard InChI is InChI=1S/C29H41N3O2S/c1-3-4-5-6-7-11-14-27(33)32-19-18-30(21-23(32)2)28(34)22-31-17-15-26-25(16-20-35-26)29(31)24-12-9-8-10-13-24/h8-10,12-13,16,20,23,29H,3-7,11,14-15,17-19,21-22H2,1-2H3/t23-,29-/m0/s1. The average Bonchev–Trinajstić information content (AvgIpc) is 3.35. The molecule has 6 heteroatoms. The molecule has 5 nitrogen and oxygen atoms in total. The number of unbranched alkanes of at least 4 members (excludes halogenated alkanes) is 5. The minimum atomic E-state index is 0.0787. The van der Waals surface area contributed by atoms with Crippen LogP contribution in [-0.4, -0.2) is 65.3 Å². The molecule has 2 amide bonds. The average molecular weight is 496 g/mol. The highest BCUT2D eigenvalue weighted by Gasteiger charge is 2.34. The van der Waals surface area contributed by atoms with Crippen molar-refractivity contribution in [3.8, 4) is 0 Å². The van der Waals surface area contributed by atoms with Crippen LogP contribution in [-0.2, 0) is 16.0 Å². The van der Waals surface area contributed by atoms with E-state index in [0.29, 0.717) is 32.6 Å². The van der Waals surface area contributed by atoms with Crippen LogP contribution in [0.4, 0.5) is 0 Å². The molecule has 35 heavy (non-hydrogen) atoms. The predicted octanol–water partition coefficient (Wildman–Crippen LogP) is 5.51. The summed E-state index contributed by atoms with van der Waals surface area (Å²) in [5.74, 6) is 0.435. The van der Waals surface area contributed by atoms with E-state index in [0.717, 1.165) is 25.8 Å². The lowest BCUT2D eigenvalue weighted by Gasteiger charge is -2.42. The molecule has 0 unspecified atom stereocenters. The maximum absolute atomic E-state index is 13.4. The van der Waals surface area contributed by atoms with E-state index in [1.807, 2.05) is 27.2 Å². The fourth-order valence-corrected chi connectivity index (χ4v) is 6.50. The van der Waals surface area contributed by atoms with Gasteiger partial charge in [0.1, 0.15) is 0 Å². The van der Waals surface area contributed by atoms with Gasteiger partial charge in [0.2, 0.25) is 11.8 Å². The number of nitrogens with zero attached hydrogens (tertiary/aromatic N) is 3. The summed E-state index contributed by atoms with van der Waals surface area (Å²) in [5.41, 5.74) is 2.59. The van der Waals surface area contributed by atoms with E-state index in [1.165, 1.54) is 41.7 Å². The lowest BCUT2D eigenvalue weighted by atomic mass is 9.93. The number of hydrogen-bond acceptors (Lipinski definition) is 4. The molecule has 3 heterocycles. The van der Waals surface area contributed by atoms with E-state index in [1.54, 1.807) is 0 Å². The molecule has 0 radical (unpaired) electrons. The van der Waals surface area contributed by atoms with E-state index >= 15 is 0 Å². The van der Waals surface area contributed by atoms with E-state index in [-0.39, 0.29) is 23.9 Å². The summed E-state index contributed by atoms with van der Waals surface area (Å²) >= 11 is 1.83. The molecule has 2 aromatic rings. The molecule has 0 spiro atoms. The monoisotopic (exact) mass is 495 g/mol. The summed E-state index contributed by atoms with van der Waals surface area (Å²) in [5, 5.41) is 2.18. The normalized spacial score (nSPS) is 20.6. The van der Waals surface area contributed by atoms with E-state index in [4.69, 9.17) is 0 Å². The second kappa shape index (κ2) is 12.7. The van der Waals surface area contributed by atoms with Crippen molar-refractivity contribution >= 4 is 23.2 Å². The van der Waals surface area contributed by atoms with Crippen LogP contribution in [0.5, 0.6) is 0 Å². The van der Waals surface area contributed by atoms with Crippen molar-refractivity contribution < 1.29 is 9.59 Å². The van der Waals surface area contributed by atoms with Gasteiger partial charge in [0.25, 0.3) is 0 Å². The topological polar surface area (TPSA) is 43.9 Å². The second-order valence-electron chi connectivity index (χ2n) is 10.1. The van der Waals surface area contributed by atoms with Crippen LogP contribution in [0.15, 0.2) is 41.8 Å². The maximum Gasteiger partial charge on any atom is 0.236 e. The molecule has 0 N–H and O–H groups in total. The molecular weight excluding hydrogens is 454 g/mol. The molecule has 0 bridgehead atoms. The Balaban J connectivity index is 1.31. The van der Waals surface area contributed by atoms with Gasteiger partial charge in [-0.1, -0.05) is 69.4 Å². The van der Waals surface area contributed by atoms with Crippen LogP contribution < -0.4 is 0 Å². The van der Waals surface area contributed by atoms with Gasteiger partial charge in [-0.15, -0.1) is 11.3 Å². The zero-order valence-corrected chi connectivity index (χ0v) is 22.3. The first-order valence-corrected chi connectivity index (χ1v) is 14.4. The second-order valence-corrected chi connectivity index (χ2v) is 11.1. The first-order chi connectivity index (χ1) is 17.1. The van der Waals surface area contributed by atoms with Gasteiger partial charge in [0, 0.05) is 43.5 Å². The molecule has 2 atom stereocenters. The van der Waals surface area contributed by atoms with Crippen LogP contribution in [0.1, 0.15) is 80.8 Å². The van der Waals surface area contributed by atoms with Gasteiger partial charge >= 0.3 is 0 Å². The zero-order valence-electron chi connectivity index (χ0n) is 21.5. The van der Waals surface area contributed by atoms with E-state index in [2.05, 4.69) is 54.5 Å². The number of fused-ring (bicyclic) bond motifs is 1. The lowest BCUT2D eigenvalue weighted by Crippen LogP contribution is -2.57. The van der Waals surface area contributed by atoms with Crippen LogP contribution >= 0.6 is 11.3 Å². The largest absolute Gasteiger partial charge is 0.338 e. The number of carbonyl (C=O) groups excluding carboxylic acids is 2. The van der Waals surface area contributed by atoms with E-state index < -0.39 is 0 Å². The Labute approximate surface area is 215 Å². The molecule has 1 saturated heterocycles. The van der Waals surface area contributed by atoms with Crippen LogP contribution in [0.2, 0.25) is 0 Å². The van der Waals surface area contributed by atoms with E-state index in [9.17, 15) is 9.59 Å². The third kappa shape index (κ3) is 6.53. The quantitative estimate of drug-likeness (QED) is 0.409. The first-order valence-electron chi connectivity index (χ1n) is 13.5. The Bertz CT molecular complexity index is 960. The molecule has 1 fully saturated rings. The van der Waals surface area contributed by atoms with Crippen molar-refractivity contribution in [2.75, 3.05) is 32.7 Å². The first kappa shape index (κ1) is 25.9. The van der Waals surface area contributed by atoms with Crippen molar-refractivity contribution in [1.29, 1.82) is 0 Å². The van der Waals surface area contributed by atoms with Crippen molar-refractivity contribution in [2.45, 2.75) is 77.3 Å². The smallest absolute Gasteiger partial charge is 0.236 e. The molecule has 1 aromatic carbocycles. The lowest BCUT2D eigenvalue weighted by molar-refractivity contribution is -0.143. The number of carbonyl (C=O) groups is 2. The van der Waals surface area contributed by atoms with Gasteiger partial charge in [-0.2, -0.15) is 0 Å². The minimum absolute atomic E-state index is 0.0787. The summed E-state index contributed by atoms with van der Waals surface area (Å²) in [7, 11) is 0. The molecule has 0 aliphatic carbocycles. The third-order valence-electron chi connectivity index (χ3n) is 7.56. The Hall–Kier alpha value is -2.18. The van der Waals surface area contributed by atoms with Gasteiger partial charge in [-0.3, -0.25) is 14.5 Å². The number of thiophene rings is 1. The Morgan fingerprint density at radius 1 is 0.943 bits per heavy atom. The van der Waals surface area contributed by atoms with Gasteiger partial charge in [0.05, 0.1) is 12.6 Å². The number of amides is 2. The summed E-state index contributed by atoms with van der Waals surface area (Å²) in [4.78, 5) is 34.0. The fraction of sp³-hybridized carbons (Fsp3) is 0.586. The Morgan fingerprint density at radius 3 is 2.49 bits per heavy atom. The number of rotatable bonds is 10. The molecule has 0 saturated carbocycles. The van der Waals surface area contributed by atoms with Crippen molar-refractivity contribution in [2.24, 2.45) is 0 Å². The van der Waals surface area contributed by atoms with Gasteiger partial charge in [0.15, 0.2) is 0 Å². The molecular formula is C29H41N3O2S. The van der Waals surface area contributed by atoms with Crippen LogP contribution in [0.25, 0.3) is 0 Å². The summed E-state index contributed by atoms with van der Waals surface area (Å²) < 4.78 is 0. The zero-order chi connectivity index (χ0) is 24.6. The van der Waals surface area contributed by atoms with Gasteiger partial charge in [-0.25, -0.2) is 0 Å². The van der Waals surface area contributed by atoms with Crippen LogP contribution in [0, 0.1) is 0 Å². The summed E-state index contributed by atoms with van der Waals surface area (Å²) in [6, 6.07) is 13.0.